The van der Waals surface area contributed by atoms with E-state index >= 15 is 0 Å². The van der Waals surface area contributed by atoms with Gasteiger partial charge in [0, 0.05) is 6.07 Å². The molecule has 0 aliphatic rings. The van der Waals surface area contributed by atoms with Crippen LogP contribution in [0, 0.1) is 21.4 Å². The average molecular weight is 316 g/mol. The van der Waals surface area contributed by atoms with E-state index in [4.69, 9.17) is 4.42 Å². The SMILES string of the molecule is N#C/C(=C\c1ccc(-c2ccccc2[N+](=O)[O-])o1)c1ccccc1. The van der Waals surface area contributed by atoms with E-state index in [2.05, 4.69) is 6.07 Å². The van der Waals surface area contributed by atoms with Crippen LogP contribution in [0.1, 0.15) is 11.3 Å². The maximum atomic E-state index is 11.1. The van der Waals surface area contributed by atoms with Gasteiger partial charge < -0.3 is 4.42 Å². The van der Waals surface area contributed by atoms with E-state index in [9.17, 15) is 15.4 Å². The number of nitrogens with zero attached hydrogens (tertiary/aromatic N) is 2. The second-order valence-electron chi connectivity index (χ2n) is 5.01. The fourth-order valence-electron chi connectivity index (χ4n) is 2.36. The lowest BCUT2D eigenvalue weighted by atomic mass is 10.1. The van der Waals surface area contributed by atoms with Crippen LogP contribution in [0.5, 0.6) is 0 Å². The van der Waals surface area contributed by atoms with Crippen molar-refractivity contribution in [3.8, 4) is 17.4 Å². The zero-order valence-electron chi connectivity index (χ0n) is 12.5. The first kappa shape index (κ1) is 15.3. The second kappa shape index (κ2) is 6.63. The molecule has 0 amide bonds. The van der Waals surface area contributed by atoms with Crippen LogP contribution in [0.2, 0.25) is 0 Å². The molecule has 3 rings (SSSR count). The molecule has 1 aromatic heterocycles. The molecule has 0 aliphatic carbocycles. The Morgan fingerprint density at radius 3 is 2.46 bits per heavy atom. The second-order valence-corrected chi connectivity index (χ2v) is 5.01. The van der Waals surface area contributed by atoms with E-state index in [1.807, 2.05) is 30.3 Å². The third-order valence-corrected chi connectivity index (χ3v) is 3.48. The molecule has 0 saturated carbocycles. The number of furan rings is 1. The lowest BCUT2D eigenvalue weighted by Gasteiger charge is -1.99. The molecule has 5 nitrogen and oxygen atoms in total. The highest BCUT2D eigenvalue weighted by molar-refractivity contribution is 5.89. The van der Waals surface area contributed by atoms with E-state index < -0.39 is 4.92 Å². The Bertz CT molecular complexity index is 950. The number of rotatable bonds is 4. The van der Waals surface area contributed by atoms with Gasteiger partial charge in [0.05, 0.1) is 22.1 Å². The van der Waals surface area contributed by atoms with E-state index in [0.717, 1.165) is 5.56 Å². The highest BCUT2D eigenvalue weighted by atomic mass is 16.6. The lowest BCUT2D eigenvalue weighted by molar-refractivity contribution is -0.384. The van der Waals surface area contributed by atoms with E-state index in [-0.39, 0.29) is 5.69 Å². The van der Waals surface area contributed by atoms with Crippen LogP contribution in [0.4, 0.5) is 5.69 Å². The van der Waals surface area contributed by atoms with Gasteiger partial charge in [0.2, 0.25) is 0 Å². The number of nitriles is 1. The summed E-state index contributed by atoms with van der Waals surface area (Å²) in [5.41, 5.74) is 1.62. The number of benzene rings is 2. The predicted molar refractivity (Wildman–Crippen MR) is 90.7 cm³/mol. The van der Waals surface area contributed by atoms with Crippen molar-refractivity contribution in [1.29, 1.82) is 5.26 Å². The molecule has 0 aliphatic heterocycles. The molecule has 24 heavy (non-hydrogen) atoms. The minimum absolute atomic E-state index is 0.0223. The van der Waals surface area contributed by atoms with Gasteiger partial charge in [-0.05, 0) is 29.8 Å². The minimum atomic E-state index is -0.446. The van der Waals surface area contributed by atoms with Gasteiger partial charge in [0.1, 0.15) is 11.5 Å². The standard InChI is InChI=1S/C19H12N2O3/c20-13-15(14-6-2-1-3-7-14)12-16-10-11-19(24-16)17-8-4-5-9-18(17)21(22)23/h1-12H/b15-12+. The summed E-state index contributed by atoms with van der Waals surface area (Å²) in [6.07, 6.45) is 1.62. The van der Waals surface area contributed by atoms with Crippen LogP contribution < -0.4 is 0 Å². The zero-order chi connectivity index (χ0) is 16.9. The Balaban J connectivity index is 1.99. The van der Waals surface area contributed by atoms with Gasteiger partial charge in [-0.3, -0.25) is 10.1 Å². The molecular weight excluding hydrogens is 304 g/mol. The number of nitro benzene ring substituents is 1. The van der Waals surface area contributed by atoms with Crippen LogP contribution in [-0.2, 0) is 0 Å². The van der Waals surface area contributed by atoms with Crippen LogP contribution >= 0.6 is 0 Å². The van der Waals surface area contributed by atoms with Gasteiger partial charge in [-0.15, -0.1) is 0 Å². The van der Waals surface area contributed by atoms with Crippen LogP contribution in [0.25, 0.3) is 23.0 Å². The van der Waals surface area contributed by atoms with Crippen LogP contribution in [-0.4, -0.2) is 4.92 Å². The van der Waals surface area contributed by atoms with Gasteiger partial charge in [-0.1, -0.05) is 42.5 Å². The van der Waals surface area contributed by atoms with Gasteiger partial charge in [-0.2, -0.15) is 5.26 Å². The molecule has 0 spiro atoms. The largest absolute Gasteiger partial charge is 0.456 e. The molecule has 0 atom stereocenters. The van der Waals surface area contributed by atoms with Gasteiger partial charge in [0.15, 0.2) is 0 Å². The Labute approximate surface area is 138 Å². The van der Waals surface area contributed by atoms with Crippen molar-refractivity contribution in [3.05, 3.63) is 88.2 Å². The third-order valence-electron chi connectivity index (χ3n) is 3.48. The van der Waals surface area contributed by atoms with Crippen molar-refractivity contribution < 1.29 is 9.34 Å². The molecular formula is C19H12N2O3. The molecule has 0 unspecified atom stereocenters. The molecule has 0 saturated heterocycles. The summed E-state index contributed by atoms with van der Waals surface area (Å²) < 4.78 is 5.68. The maximum Gasteiger partial charge on any atom is 0.280 e. The minimum Gasteiger partial charge on any atom is -0.456 e. The Morgan fingerprint density at radius 1 is 1.04 bits per heavy atom. The molecule has 116 valence electrons. The number of allylic oxidation sites excluding steroid dienone is 1. The Morgan fingerprint density at radius 2 is 1.75 bits per heavy atom. The number of para-hydroxylation sites is 1. The lowest BCUT2D eigenvalue weighted by Crippen LogP contribution is -1.90. The zero-order valence-corrected chi connectivity index (χ0v) is 12.5. The summed E-state index contributed by atoms with van der Waals surface area (Å²) in [6, 6.07) is 21.1. The average Bonchev–Trinajstić information content (AvgIpc) is 3.09. The monoisotopic (exact) mass is 316 g/mol. The van der Waals surface area contributed by atoms with Crippen LogP contribution in [0.3, 0.4) is 0 Å². The smallest absolute Gasteiger partial charge is 0.280 e. The number of hydrogen-bond acceptors (Lipinski definition) is 4. The molecule has 3 aromatic rings. The van der Waals surface area contributed by atoms with Gasteiger partial charge >= 0.3 is 0 Å². The van der Waals surface area contributed by atoms with Gasteiger partial charge in [-0.25, -0.2) is 0 Å². The predicted octanol–water partition coefficient (Wildman–Crippen LogP) is 4.92. The number of hydrogen-bond donors (Lipinski definition) is 0. The fourth-order valence-corrected chi connectivity index (χ4v) is 2.36. The van der Waals surface area contributed by atoms with Crippen molar-refractivity contribution >= 4 is 17.3 Å². The molecule has 0 fully saturated rings. The Hall–Kier alpha value is -3.65. The van der Waals surface area contributed by atoms with E-state index in [1.54, 1.807) is 36.4 Å². The molecule has 1 heterocycles. The molecule has 2 aromatic carbocycles. The summed E-state index contributed by atoms with van der Waals surface area (Å²) >= 11 is 0. The Kier molecular flexibility index (Phi) is 4.21. The normalized spacial score (nSPS) is 11.0. The molecule has 0 N–H and O–H groups in total. The summed E-state index contributed by atoms with van der Waals surface area (Å²) in [5, 5.41) is 20.5. The summed E-state index contributed by atoms with van der Waals surface area (Å²) in [6.45, 7) is 0. The highest BCUT2D eigenvalue weighted by Crippen LogP contribution is 2.31. The topological polar surface area (TPSA) is 80.1 Å². The van der Waals surface area contributed by atoms with Gasteiger partial charge in [0.25, 0.3) is 5.69 Å². The van der Waals surface area contributed by atoms with Crippen molar-refractivity contribution in [3.63, 3.8) is 0 Å². The fraction of sp³-hybridized carbons (Fsp3) is 0. The molecule has 0 bridgehead atoms. The maximum absolute atomic E-state index is 11.1. The summed E-state index contributed by atoms with van der Waals surface area (Å²) in [5.74, 6) is 0.849. The number of nitro groups is 1. The first-order valence-electron chi connectivity index (χ1n) is 7.20. The molecule has 0 radical (unpaired) electrons. The first-order chi connectivity index (χ1) is 11.7. The quantitative estimate of drug-likeness (QED) is 0.389. The van der Waals surface area contributed by atoms with Crippen molar-refractivity contribution in [2.45, 2.75) is 0 Å². The van der Waals surface area contributed by atoms with Crippen molar-refractivity contribution in [2.24, 2.45) is 0 Å². The highest BCUT2D eigenvalue weighted by Gasteiger charge is 2.17. The third kappa shape index (κ3) is 3.08. The van der Waals surface area contributed by atoms with Crippen molar-refractivity contribution in [1.82, 2.24) is 0 Å². The first-order valence-corrected chi connectivity index (χ1v) is 7.20. The van der Waals surface area contributed by atoms with E-state index in [1.165, 1.54) is 6.07 Å². The summed E-state index contributed by atoms with van der Waals surface area (Å²) in [7, 11) is 0. The van der Waals surface area contributed by atoms with E-state index in [0.29, 0.717) is 22.7 Å². The summed E-state index contributed by atoms with van der Waals surface area (Å²) in [4.78, 5) is 10.7. The van der Waals surface area contributed by atoms with Crippen LogP contribution in [0.15, 0.2) is 71.1 Å². The van der Waals surface area contributed by atoms with Crippen molar-refractivity contribution in [2.75, 3.05) is 0 Å². The molecule has 5 heteroatoms.